The molecule has 1 saturated heterocycles. The zero-order valence-corrected chi connectivity index (χ0v) is 23.8. The SMILES string of the molecule is Cc1ccc(C)c2[nH]c(=O)c([C@@H](c3nnnn3Cc3ccccc3)N3CCN(Cc4ccc5c(c4)OCO5)CC3)cc12. The fraction of sp³-hybridized carbons (Fsp3) is 0.312. The van der Waals surface area contributed by atoms with Crippen molar-refractivity contribution in [3.63, 3.8) is 0 Å². The van der Waals surface area contributed by atoms with E-state index in [1.165, 1.54) is 5.56 Å². The van der Waals surface area contributed by atoms with E-state index in [1.807, 2.05) is 48.0 Å². The largest absolute Gasteiger partial charge is 0.454 e. The first-order valence-electron chi connectivity index (χ1n) is 14.3. The molecule has 5 aromatic rings. The molecule has 42 heavy (non-hydrogen) atoms. The second-order valence-corrected chi connectivity index (χ2v) is 11.1. The Hall–Kier alpha value is -4.54. The van der Waals surface area contributed by atoms with Gasteiger partial charge < -0.3 is 14.5 Å². The molecular weight excluding hydrogens is 530 g/mol. The molecule has 0 saturated carbocycles. The minimum atomic E-state index is -0.399. The number of fused-ring (bicyclic) bond motifs is 2. The quantitative estimate of drug-likeness (QED) is 0.319. The van der Waals surface area contributed by atoms with Gasteiger partial charge in [-0.3, -0.25) is 14.6 Å². The Bertz CT molecular complexity index is 1790. The zero-order valence-electron chi connectivity index (χ0n) is 23.8. The lowest BCUT2D eigenvalue weighted by Crippen LogP contribution is -2.48. The highest BCUT2D eigenvalue weighted by molar-refractivity contribution is 5.85. The lowest BCUT2D eigenvalue weighted by molar-refractivity contribution is 0.0998. The van der Waals surface area contributed by atoms with E-state index < -0.39 is 6.04 Å². The molecule has 10 nitrogen and oxygen atoms in total. The van der Waals surface area contributed by atoms with Gasteiger partial charge >= 0.3 is 0 Å². The molecule has 10 heteroatoms. The lowest BCUT2D eigenvalue weighted by atomic mass is 9.99. The molecule has 2 aliphatic rings. The number of tetrazole rings is 1. The fourth-order valence-corrected chi connectivity index (χ4v) is 6.05. The molecule has 1 N–H and O–H groups in total. The van der Waals surface area contributed by atoms with Gasteiger partial charge in [0.05, 0.1) is 12.1 Å². The molecule has 0 spiro atoms. The van der Waals surface area contributed by atoms with Crippen molar-refractivity contribution >= 4 is 10.9 Å². The predicted octanol–water partition coefficient (Wildman–Crippen LogP) is 3.82. The summed E-state index contributed by atoms with van der Waals surface area (Å²) in [5.41, 5.74) is 5.86. The summed E-state index contributed by atoms with van der Waals surface area (Å²) in [6.07, 6.45) is 0. The van der Waals surface area contributed by atoms with Crippen LogP contribution in [-0.4, -0.2) is 68.0 Å². The van der Waals surface area contributed by atoms with Crippen molar-refractivity contribution < 1.29 is 9.47 Å². The summed E-state index contributed by atoms with van der Waals surface area (Å²) in [5.74, 6) is 2.27. The van der Waals surface area contributed by atoms with Crippen LogP contribution in [0.4, 0.5) is 0 Å². The molecule has 2 aromatic heterocycles. The predicted molar refractivity (Wildman–Crippen MR) is 159 cm³/mol. The first kappa shape index (κ1) is 26.4. The third kappa shape index (κ3) is 5.03. The number of rotatable bonds is 7. The maximum absolute atomic E-state index is 13.8. The molecule has 4 heterocycles. The molecule has 1 atom stereocenters. The molecule has 1 fully saturated rings. The van der Waals surface area contributed by atoms with Gasteiger partial charge in [-0.05, 0) is 64.7 Å². The Labute approximate surface area is 243 Å². The molecular formula is C32H33N7O3. The van der Waals surface area contributed by atoms with E-state index in [0.29, 0.717) is 17.9 Å². The molecule has 7 rings (SSSR count). The monoisotopic (exact) mass is 563 g/mol. The second kappa shape index (κ2) is 11.0. The van der Waals surface area contributed by atoms with Crippen LogP contribution >= 0.6 is 0 Å². The zero-order chi connectivity index (χ0) is 28.6. The van der Waals surface area contributed by atoms with Gasteiger partial charge in [-0.15, -0.1) is 5.10 Å². The average molecular weight is 564 g/mol. The van der Waals surface area contributed by atoms with Crippen LogP contribution in [-0.2, 0) is 13.1 Å². The van der Waals surface area contributed by atoms with Gasteiger partial charge in [0, 0.05) is 43.7 Å². The normalized spacial score (nSPS) is 16.2. The summed E-state index contributed by atoms with van der Waals surface area (Å²) in [6, 6.07) is 22.1. The summed E-state index contributed by atoms with van der Waals surface area (Å²) in [5, 5.41) is 14.0. The minimum absolute atomic E-state index is 0.113. The Morgan fingerprint density at radius 3 is 2.48 bits per heavy atom. The highest BCUT2D eigenvalue weighted by Crippen LogP contribution is 2.33. The van der Waals surface area contributed by atoms with E-state index in [0.717, 1.165) is 71.8 Å². The van der Waals surface area contributed by atoms with Crippen LogP contribution in [0.25, 0.3) is 10.9 Å². The molecule has 0 aliphatic carbocycles. The van der Waals surface area contributed by atoms with Gasteiger partial charge in [0.2, 0.25) is 6.79 Å². The molecule has 0 radical (unpaired) electrons. The second-order valence-electron chi connectivity index (χ2n) is 11.1. The number of nitrogens with zero attached hydrogens (tertiary/aromatic N) is 6. The lowest BCUT2D eigenvalue weighted by Gasteiger charge is -2.38. The maximum Gasteiger partial charge on any atom is 0.253 e. The van der Waals surface area contributed by atoms with E-state index in [2.05, 4.69) is 67.6 Å². The minimum Gasteiger partial charge on any atom is -0.454 e. The molecule has 2 aliphatic heterocycles. The van der Waals surface area contributed by atoms with E-state index in [9.17, 15) is 4.79 Å². The van der Waals surface area contributed by atoms with Gasteiger partial charge in [-0.25, -0.2) is 4.68 Å². The number of hydrogen-bond donors (Lipinski definition) is 1. The number of aromatic nitrogens is 5. The van der Waals surface area contributed by atoms with Gasteiger partial charge in [0.1, 0.15) is 6.04 Å². The molecule has 0 unspecified atom stereocenters. The van der Waals surface area contributed by atoms with Crippen LogP contribution in [0.2, 0.25) is 0 Å². The number of aromatic amines is 1. The first-order valence-corrected chi connectivity index (χ1v) is 14.3. The summed E-state index contributed by atoms with van der Waals surface area (Å²) >= 11 is 0. The van der Waals surface area contributed by atoms with Crippen molar-refractivity contribution in [2.75, 3.05) is 33.0 Å². The highest BCUT2D eigenvalue weighted by Gasteiger charge is 2.33. The number of H-pyrrole nitrogens is 1. The van der Waals surface area contributed by atoms with Crippen molar-refractivity contribution in [3.05, 3.63) is 111 Å². The third-order valence-electron chi connectivity index (χ3n) is 8.36. The van der Waals surface area contributed by atoms with E-state index >= 15 is 0 Å². The summed E-state index contributed by atoms with van der Waals surface area (Å²) in [7, 11) is 0. The van der Waals surface area contributed by atoms with Gasteiger partial charge in [0.25, 0.3) is 5.56 Å². The van der Waals surface area contributed by atoms with Crippen LogP contribution in [0.5, 0.6) is 11.5 Å². The van der Waals surface area contributed by atoms with Gasteiger partial charge in [0.15, 0.2) is 17.3 Å². The van der Waals surface area contributed by atoms with Crippen LogP contribution in [0, 0.1) is 13.8 Å². The van der Waals surface area contributed by atoms with Crippen LogP contribution < -0.4 is 15.0 Å². The third-order valence-corrected chi connectivity index (χ3v) is 8.36. The van der Waals surface area contributed by atoms with Crippen molar-refractivity contribution in [3.8, 4) is 11.5 Å². The maximum atomic E-state index is 13.8. The van der Waals surface area contributed by atoms with E-state index in [4.69, 9.17) is 9.47 Å². The van der Waals surface area contributed by atoms with Crippen LogP contribution in [0.1, 0.15) is 39.7 Å². The molecule has 0 bridgehead atoms. The number of nitrogens with one attached hydrogen (secondary N) is 1. The van der Waals surface area contributed by atoms with Crippen molar-refractivity contribution in [2.45, 2.75) is 33.0 Å². The average Bonchev–Trinajstić information content (AvgIpc) is 3.67. The Morgan fingerprint density at radius 2 is 1.64 bits per heavy atom. The Morgan fingerprint density at radius 1 is 0.857 bits per heavy atom. The highest BCUT2D eigenvalue weighted by atomic mass is 16.7. The summed E-state index contributed by atoms with van der Waals surface area (Å²) < 4.78 is 12.9. The van der Waals surface area contributed by atoms with Gasteiger partial charge in [-0.1, -0.05) is 48.5 Å². The number of aryl methyl sites for hydroxylation is 2. The number of ether oxygens (including phenoxy) is 2. The van der Waals surface area contributed by atoms with Crippen LogP contribution in [0.15, 0.2) is 71.5 Å². The molecule has 3 aromatic carbocycles. The smallest absolute Gasteiger partial charge is 0.253 e. The van der Waals surface area contributed by atoms with E-state index in [1.54, 1.807) is 0 Å². The molecule has 214 valence electrons. The van der Waals surface area contributed by atoms with Crippen molar-refractivity contribution in [1.82, 2.24) is 35.0 Å². The summed E-state index contributed by atoms with van der Waals surface area (Å²) in [6.45, 7) is 8.92. The number of hydrogen-bond acceptors (Lipinski definition) is 8. The number of pyridine rings is 1. The van der Waals surface area contributed by atoms with Crippen LogP contribution in [0.3, 0.4) is 0 Å². The molecule has 0 amide bonds. The number of piperazine rings is 1. The fourth-order valence-electron chi connectivity index (χ4n) is 6.05. The van der Waals surface area contributed by atoms with Gasteiger partial charge in [-0.2, -0.15) is 0 Å². The Kier molecular flexibility index (Phi) is 6.93. The first-order chi connectivity index (χ1) is 20.5. The standard InChI is InChI=1S/C32H33N7O3/c1-21-8-9-22(2)29-25(21)17-26(32(40)33-29)30(31-34-35-36-39(31)19-23-6-4-3-5-7-23)38-14-12-37(13-15-38)18-24-10-11-27-28(16-24)42-20-41-27/h3-11,16-17,30H,12-15,18-20H2,1-2H3,(H,33,40)/t30-/m0/s1. The topological polar surface area (TPSA) is 101 Å². The van der Waals surface area contributed by atoms with Crippen molar-refractivity contribution in [1.29, 1.82) is 0 Å². The summed E-state index contributed by atoms with van der Waals surface area (Å²) in [4.78, 5) is 21.7. The number of benzene rings is 3. The van der Waals surface area contributed by atoms with Crippen molar-refractivity contribution in [2.24, 2.45) is 0 Å². The Balaban J connectivity index is 1.21. The van der Waals surface area contributed by atoms with E-state index in [-0.39, 0.29) is 12.4 Å².